The molecule has 1 atom stereocenters. The lowest BCUT2D eigenvalue weighted by molar-refractivity contribution is 0.273. The first kappa shape index (κ1) is 15.1. The smallest absolute Gasteiger partial charge is 0.201 e. The van der Waals surface area contributed by atoms with Gasteiger partial charge in [0.25, 0.3) is 0 Å². The van der Waals surface area contributed by atoms with Crippen LogP contribution in [-0.4, -0.2) is 37.4 Å². The van der Waals surface area contributed by atoms with E-state index in [1.54, 1.807) is 11.0 Å². The molecule has 0 amide bonds. The van der Waals surface area contributed by atoms with Crippen LogP contribution in [0.15, 0.2) is 47.7 Å². The highest BCUT2D eigenvalue weighted by Crippen LogP contribution is 2.15. The molecular weight excluding hydrogens is 271 g/mol. The summed E-state index contributed by atoms with van der Waals surface area (Å²) < 4.78 is 17.3. The second-order valence-corrected chi connectivity index (χ2v) is 4.40. The molecule has 1 unspecified atom stereocenters. The molecule has 1 aromatic rings. The standard InChI is InChI=1S/C15H19FN4O.H2/c1-18-14-6-9-20(15(17)19-14)8-5-12-3-2-4-13(11-12)21-10-7-16;/h2-6,8-9,11,14,18H,7,10H2,1H3,(H2,17,19);1H/b8-5+;. The van der Waals surface area contributed by atoms with E-state index >= 15 is 0 Å². The van der Waals surface area contributed by atoms with Crippen molar-refractivity contribution in [3.8, 4) is 5.75 Å². The third-order valence-corrected chi connectivity index (χ3v) is 2.89. The van der Waals surface area contributed by atoms with Gasteiger partial charge in [-0.2, -0.15) is 0 Å². The maximum atomic E-state index is 12.1. The van der Waals surface area contributed by atoms with Gasteiger partial charge in [0, 0.05) is 13.8 Å². The summed E-state index contributed by atoms with van der Waals surface area (Å²) in [6, 6.07) is 7.41. The highest BCUT2D eigenvalue weighted by Gasteiger charge is 2.10. The third kappa shape index (κ3) is 4.32. The van der Waals surface area contributed by atoms with Gasteiger partial charge in [0.15, 0.2) is 0 Å². The number of halogens is 1. The van der Waals surface area contributed by atoms with Crippen molar-refractivity contribution in [2.24, 2.45) is 10.7 Å². The Bertz CT molecular complexity index is 562. The Kier molecular flexibility index (Phi) is 5.34. The van der Waals surface area contributed by atoms with E-state index in [-0.39, 0.29) is 14.2 Å². The highest BCUT2D eigenvalue weighted by atomic mass is 19.1. The molecule has 5 nitrogen and oxygen atoms in total. The molecule has 3 N–H and O–H groups in total. The average Bonchev–Trinajstić information content (AvgIpc) is 2.52. The van der Waals surface area contributed by atoms with E-state index in [4.69, 9.17) is 10.5 Å². The van der Waals surface area contributed by atoms with Gasteiger partial charge in [-0.1, -0.05) is 12.1 Å². The fourth-order valence-electron chi connectivity index (χ4n) is 1.82. The van der Waals surface area contributed by atoms with Crippen molar-refractivity contribution in [3.63, 3.8) is 0 Å². The molecule has 1 aromatic carbocycles. The number of guanidine groups is 1. The van der Waals surface area contributed by atoms with Gasteiger partial charge in [0.05, 0.1) is 0 Å². The lowest BCUT2D eigenvalue weighted by Crippen LogP contribution is -2.36. The number of nitrogens with zero attached hydrogens (tertiary/aromatic N) is 2. The van der Waals surface area contributed by atoms with Crippen molar-refractivity contribution in [1.29, 1.82) is 0 Å². The summed E-state index contributed by atoms with van der Waals surface area (Å²) in [6.45, 7) is -0.439. The Hall–Kier alpha value is -2.34. The molecule has 2 rings (SSSR count). The molecule has 1 aliphatic heterocycles. The van der Waals surface area contributed by atoms with Crippen LogP contribution in [0.2, 0.25) is 0 Å². The Morgan fingerprint density at radius 1 is 1.57 bits per heavy atom. The number of nitrogens with one attached hydrogen (secondary N) is 1. The Labute approximate surface area is 125 Å². The van der Waals surface area contributed by atoms with Crippen molar-refractivity contribution in [3.05, 3.63) is 48.3 Å². The van der Waals surface area contributed by atoms with Crippen molar-refractivity contribution in [2.75, 3.05) is 20.3 Å². The molecule has 1 heterocycles. The molecule has 0 fully saturated rings. The number of rotatable bonds is 6. The summed E-state index contributed by atoms with van der Waals surface area (Å²) in [5.74, 6) is 1.05. The monoisotopic (exact) mass is 292 g/mol. The summed E-state index contributed by atoms with van der Waals surface area (Å²) in [7, 11) is 1.82. The fraction of sp³-hybridized carbons (Fsp3) is 0.267. The number of aliphatic imine (C=N–C) groups is 1. The Morgan fingerprint density at radius 3 is 3.14 bits per heavy atom. The number of hydrogen-bond acceptors (Lipinski definition) is 5. The quantitative estimate of drug-likeness (QED) is 0.841. The van der Waals surface area contributed by atoms with Crippen LogP contribution in [0, 0.1) is 0 Å². The predicted molar refractivity (Wildman–Crippen MR) is 84.5 cm³/mol. The van der Waals surface area contributed by atoms with Crippen LogP contribution in [0.3, 0.4) is 0 Å². The largest absolute Gasteiger partial charge is 0.491 e. The van der Waals surface area contributed by atoms with E-state index in [1.165, 1.54) is 0 Å². The lowest BCUT2D eigenvalue weighted by atomic mass is 10.2. The van der Waals surface area contributed by atoms with Crippen molar-refractivity contribution >= 4 is 12.0 Å². The van der Waals surface area contributed by atoms with Crippen LogP contribution < -0.4 is 15.8 Å². The summed E-state index contributed by atoms with van der Waals surface area (Å²) >= 11 is 0. The Morgan fingerprint density at radius 2 is 2.43 bits per heavy atom. The molecule has 0 aliphatic carbocycles. The van der Waals surface area contributed by atoms with Crippen LogP contribution in [0.4, 0.5) is 4.39 Å². The number of nitrogens with two attached hydrogens (primary N) is 1. The number of hydrogen-bond donors (Lipinski definition) is 2. The minimum absolute atomic E-state index is 0. The number of alkyl halides is 1. The molecule has 114 valence electrons. The fourth-order valence-corrected chi connectivity index (χ4v) is 1.82. The molecule has 0 saturated heterocycles. The van der Waals surface area contributed by atoms with Crippen molar-refractivity contribution in [2.45, 2.75) is 6.17 Å². The number of likely N-dealkylation sites (N-methyl/N-ethyl adjacent to an activating group) is 1. The van der Waals surface area contributed by atoms with Crippen LogP contribution in [0.1, 0.15) is 6.99 Å². The van der Waals surface area contributed by atoms with Gasteiger partial charge in [0.1, 0.15) is 25.2 Å². The SMILES string of the molecule is CNC1C=CN(/C=C/c2cccc(OCCF)c2)C(N)=N1.[HH]. The summed E-state index contributed by atoms with van der Waals surface area (Å²) in [5, 5.41) is 3.00. The zero-order chi connectivity index (χ0) is 15.1. The minimum atomic E-state index is -0.502. The molecule has 0 radical (unpaired) electrons. The van der Waals surface area contributed by atoms with Crippen molar-refractivity contribution < 1.29 is 10.6 Å². The first-order valence-electron chi connectivity index (χ1n) is 6.67. The van der Waals surface area contributed by atoms with Crippen molar-refractivity contribution in [1.82, 2.24) is 10.2 Å². The molecule has 1 aliphatic rings. The maximum absolute atomic E-state index is 12.1. The van der Waals surface area contributed by atoms with E-state index in [0.29, 0.717) is 11.7 Å². The normalized spacial score (nSPS) is 18.1. The van der Waals surface area contributed by atoms with Crippen LogP contribution in [0.5, 0.6) is 5.75 Å². The second kappa shape index (κ2) is 7.44. The van der Waals surface area contributed by atoms with Crippen LogP contribution in [0.25, 0.3) is 6.08 Å². The Balaban J connectivity index is 0.00000242. The molecular formula is C15H21FN4O. The molecule has 21 heavy (non-hydrogen) atoms. The van der Waals surface area contributed by atoms with Crippen LogP contribution >= 0.6 is 0 Å². The zero-order valence-corrected chi connectivity index (χ0v) is 11.9. The molecule has 0 bridgehead atoms. The van der Waals surface area contributed by atoms with E-state index in [0.717, 1.165) is 5.56 Å². The molecule has 0 spiro atoms. The first-order valence-corrected chi connectivity index (χ1v) is 6.67. The van der Waals surface area contributed by atoms with E-state index < -0.39 is 6.67 Å². The van der Waals surface area contributed by atoms with Gasteiger partial charge in [-0.05, 0) is 36.9 Å². The summed E-state index contributed by atoms with van der Waals surface area (Å²) in [5.41, 5.74) is 6.81. The van der Waals surface area contributed by atoms with E-state index in [1.807, 2.05) is 49.8 Å². The molecule has 6 heteroatoms. The van der Waals surface area contributed by atoms with Gasteiger partial charge in [-0.25, -0.2) is 9.38 Å². The van der Waals surface area contributed by atoms with E-state index in [9.17, 15) is 4.39 Å². The average molecular weight is 292 g/mol. The first-order chi connectivity index (χ1) is 10.2. The minimum Gasteiger partial charge on any atom is -0.491 e. The number of ether oxygens (including phenoxy) is 1. The predicted octanol–water partition coefficient (Wildman–Crippen LogP) is 1.94. The van der Waals surface area contributed by atoms with Gasteiger partial charge in [0.2, 0.25) is 5.96 Å². The third-order valence-electron chi connectivity index (χ3n) is 2.89. The number of benzene rings is 1. The topological polar surface area (TPSA) is 62.9 Å². The summed E-state index contributed by atoms with van der Waals surface area (Å²) in [4.78, 5) is 5.98. The highest BCUT2D eigenvalue weighted by molar-refractivity contribution is 5.82. The van der Waals surface area contributed by atoms with Gasteiger partial charge >= 0.3 is 0 Å². The lowest BCUT2D eigenvalue weighted by Gasteiger charge is -2.21. The van der Waals surface area contributed by atoms with Crippen LogP contribution in [-0.2, 0) is 0 Å². The van der Waals surface area contributed by atoms with Gasteiger partial charge in [-0.15, -0.1) is 0 Å². The second-order valence-electron chi connectivity index (χ2n) is 4.40. The summed E-state index contributed by atoms with van der Waals surface area (Å²) in [6.07, 6.45) is 7.36. The maximum Gasteiger partial charge on any atom is 0.201 e. The van der Waals surface area contributed by atoms with Gasteiger partial charge < -0.3 is 10.5 Å². The van der Waals surface area contributed by atoms with Gasteiger partial charge in [-0.3, -0.25) is 10.2 Å². The molecule has 0 saturated carbocycles. The molecule has 0 aromatic heterocycles. The zero-order valence-electron chi connectivity index (χ0n) is 11.9. The van der Waals surface area contributed by atoms with E-state index in [2.05, 4.69) is 10.3 Å².